The maximum atomic E-state index is 12.4. The minimum Gasteiger partial charge on any atom is -0.480 e. The molecule has 0 aromatic carbocycles. The second-order valence-electron chi connectivity index (χ2n) is 6.13. The maximum Gasteiger partial charge on any atom is 0.317 e. The van der Waals surface area contributed by atoms with Gasteiger partial charge in [-0.2, -0.15) is 0 Å². The molecule has 2 heterocycles. The lowest BCUT2D eigenvalue weighted by Crippen LogP contribution is -2.52. The molecule has 0 unspecified atom stereocenters. The average molecular weight is 339 g/mol. The van der Waals surface area contributed by atoms with Crippen molar-refractivity contribution in [2.24, 2.45) is 0 Å². The number of nitrogens with zero attached hydrogens (tertiary/aromatic N) is 3. The fourth-order valence-corrected chi connectivity index (χ4v) is 3.39. The molecule has 1 saturated heterocycles. The predicted octanol–water partition coefficient (Wildman–Crippen LogP) is 1.19. The third kappa shape index (κ3) is 5.60. The molecule has 128 valence electrons. The van der Waals surface area contributed by atoms with Gasteiger partial charge in [0.25, 0.3) is 0 Å². The molecule has 1 N–H and O–H groups in total. The van der Waals surface area contributed by atoms with Crippen LogP contribution in [-0.2, 0) is 16.1 Å². The molecule has 1 aliphatic rings. The van der Waals surface area contributed by atoms with E-state index in [1.807, 2.05) is 18.7 Å². The first kappa shape index (κ1) is 17.9. The van der Waals surface area contributed by atoms with Crippen molar-refractivity contribution in [3.05, 3.63) is 22.4 Å². The monoisotopic (exact) mass is 339 g/mol. The number of aliphatic carboxylic acids is 1. The Morgan fingerprint density at radius 1 is 1.26 bits per heavy atom. The lowest BCUT2D eigenvalue weighted by molar-refractivity contribution is -0.141. The second-order valence-corrected chi connectivity index (χ2v) is 7.16. The number of carboxylic acids is 1. The Morgan fingerprint density at radius 2 is 1.96 bits per heavy atom. The Hall–Kier alpha value is -1.44. The molecule has 1 aliphatic heterocycles. The quantitative estimate of drug-likeness (QED) is 0.808. The van der Waals surface area contributed by atoms with Crippen molar-refractivity contribution in [3.8, 4) is 0 Å². The average Bonchev–Trinajstić information content (AvgIpc) is 2.99. The molecule has 1 aromatic rings. The van der Waals surface area contributed by atoms with E-state index in [2.05, 4.69) is 22.4 Å². The number of piperazine rings is 1. The first-order valence-electron chi connectivity index (χ1n) is 7.94. The van der Waals surface area contributed by atoms with Gasteiger partial charge in [0.1, 0.15) is 0 Å². The van der Waals surface area contributed by atoms with Crippen LogP contribution in [0.1, 0.15) is 18.7 Å². The van der Waals surface area contributed by atoms with E-state index >= 15 is 0 Å². The molecule has 7 heteroatoms. The molecule has 1 amide bonds. The van der Waals surface area contributed by atoms with E-state index < -0.39 is 5.97 Å². The van der Waals surface area contributed by atoms with E-state index in [-0.39, 0.29) is 25.0 Å². The van der Waals surface area contributed by atoms with Crippen LogP contribution in [-0.4, -0.2) is 77.0 Å². The zero-order valence-electron chi connectivity index (χ0n) is 13.8. The van der Waals surface area contributed by atoms with E-state index in [9.17, 15) is 9.59 Å². The minimum absolute atomic E-state index is 0.0238. The number of hydrogen-bond acceptors (Lipinski definition) is 5. The molecule has 1 aromatic heterocycles. The highest BCUT2D eigenvalue weighted by Gasteiger charge is 2.24. The largest absolute Gasteiger partial charge is 0.480 e. The molecule has 0 atom stereocenters. The number of thiophene rings is 1. The topological polar surface area (TPSA) is 64.1 Å². The number of amides is 1. The molecule has 0 spiro atoms. The molecule has 23 heavy (non-hydrogen) atoms. The molecule has 1 fully saturated rings. The van der Waals surface area contributed by atoms with Crippen LogP contribution < -0.4 is 0 Å². The van der Waals surface area contributed by atoms with Gasteiger partial charge in [-0.1, -0.05) is 6.07 Å². The molecule has 0 aliphatic carbocycles. The van der Waals surface area contributed by atoms with Crippen molar-refractivity contribution in [1.29, 1.82) is 0 Å². The van der Waals surface area contributed by atoms with Crippen LogP contribution >= 0.6 is 11.3 Å². The zero-order chi connectivity index (χ0) is 16.8. The molecule has 0 bridgehead atoms. The molecule has 0 radical (unpaired) electrons. The van der Waals surface area contributed by atoms with Crippen LogP contribution in [0.25, 0.3) is 0 Å². The summed E-state index contributed by atoms with van der Waals surface area (Å²) in [4.78, 5) is 30.5. The van der Waals surface area contributed by atoms with E-state index in [1.54, 1.807) is 16.2 Å². The van der Waals surface area contributed by atoms with Gasteiger partial charge in [-0.05, 0) is 25.3 Å². The highest BCUT2D eigenvalue weighted by atomic mass is 32.1. The molecule has 6 nitrogen and oxygen atoms in total. The standard InChI is InChI=1S/C16H25N3O3S/c1-13(2)19(12-16(21)22)11-15(20)18-7-5-17(6-8-18)10-14-4-3-9-23-14/h3-4,9,13H,5-8,10-12H2,1-2H3,(H,21,22). The lowest BCUT2D eigenvalue weighted by Gasteiger charge is -2.36. The number of rotatable bonds is 7. The number of carboxylic acid groups (broad SMARTS) is 1. The van der Waals surface area contributed by atoms with Gasteiger partial charge >= 0.3 is 5.97 Å². The molecular formula is C16H25N3O3S. The minimum atomic E-state index is -0.896. The first-order valence-corrected chi connectivity index (χ1v) is 8.82. The van der Waals surface area contributed by atoms with Gasteiger partial charge in [-0.15, -0.1) is 11.3 Å². The van der Waals surface area contributed by atoms with Crippen LogP contribution in [0.5, 0.6) is 0 Å². The summed E-state index contributed by atoms with van der Waals surface area (Å²) in [6.45, 7) is 8.00. The smallest absolute Gasteiger partial charge is 0.317 e. The second kappa shape index (κ2) is 8.42. The predicted molar refractivity (Wildman–Crippen MR) is 90.5 cm³/mol. The van der Waals surface area contributed by atoms with Crippen molar-refractivity contribution in [2.75, 3.05) is 39.3 Å². The normalized spacial score (nSPS) is 16.3. The SMILES string of the molecule is CC(C)N(CC(=O)O)CC(=O)N1CCN(Cc2cccs2)CC1. The Kier molecular flexibility index (Phi) is 6.56. The van der Waals surface area contributed by atoms with Crippen LogP contribution in [0.2, 0.25) is 0 Å². The van der Waals surface area contributed by atoms with Crippen molar-refractivity contribution >= 4 is 23.2 Å². The molecule has 0 saturated carbocycles. The summed E-state index contributed by atoms with van der Waals surface area (Å²) in [5, 5.41) is 11.0. The Balaban J connectivity index is 1.79. The van der Waals surface area contributed by atoms with Crippen molar-refractivity contribution in [1.82, 2.24) is 14.7 Å². The Labute approximate surface area is 141 Å². The van der Waals surface area contributed by atoms with Crippen LogP contribution in [0, 0.1) is 0 Å². The summed E-state index contributed by atoms with van der Waals surface area (Å²) in [5.74, 6) is -0.872. The van der Waals surface area contributed by atoms with Crippen molar-refractivity contribution < 1.29 is 14.7 Å². The van der Waals surface area contributed by atoms with E-state index in [0.29, 0.717) is 13.1 Å². The van der Waals surface area contributed by atoms with Gasteiger partial charge in [0.15, 0.2) is 0 Å². The number of hydrogen-bond donors (Lipinski definition) is 1. The van der Waals surface area contributed by atoms with Gasteiger partial charge < -0.3 is 10.0 Å². The summed E-state index contributed by atoms with van der Waals surface area (Å²) in [6, 6.07) is 4.23. The van der Waals surface area contributed by atoms with Crippen molar-refractivity contribution in [3.63, 3.8) is 0 Å². The van der Waals surface area contributed by atoms with E-state index in [1.165, 1.54) is 4.88 Å². The van der Waals surface area contributed by atoms with Crippen LogP contribution in [0.3, 0.4) is 0 Å². The van der Waals surface area contributed by atoms with Gasteiger partial charge in [0.2, 0.25) is 5.91 Å². The summed E-state index contributed by atoms with van der Waals surface area (Å²) in [7, 11) is 0. The number of carbonyl (C=O) groups excluding carboxylic acids is 1. The van der Waals surface area contributed by atoms with Gasteiger partial charge in [-0.25, -0.2) is 0 Å². The van der Waals surface area contributed by atoms with Crippen LogP contribution in [0.15, 0.2) is 17.5 Å². The Bertz CT molecular complexity index is 511. The van der Waals surface area contributed by atoms with Gasteiger partial charge in [0.05, 0.1) is 13.1 Å². The summed E-state index contributed by atoms with van der Waals surface area (Å²) in [6.07, 6.45) is 0. The molecular weight excluding hydrogens is 314 g/mol. The third-order valence-electron chi connectivity index (χ3n) is 4.09. The third-order valence-corrected chi connectivity index (χ3v) is 4.95. The highest BCUT2D eigenvalue weighted by Crippen LogP contribution is 2.13. The fourth-order valence-electron chi connectivity index (χ4n) is 2.65. The summed E-state index contributed by atoms with van der Waals surface area (Å²) < 4.78 is 0. The Morgan fingerprint density at radius 3 is 2.48 bits per heavy atom. The number of carbonyl (C=O) groups is 2. The van der Waals surface area contributed by atoms with Crippen LogP contribution in [0.4, 0.5) is 0 Å². The first-order chi connectivity index (χ1) is 11.0. The summed E-state index contributed by atoms with van der Waals surface area (Å²) >= 11 is 1.76. The highest BCUT2D eigenvalue weighted by molar-refractivity contribution is 7.09. The van der Waals surface area contributed by atoms with Gasteiger partial charge in [0, 0.05) is 43.6 Å². The van der Waals surface area contributed by atoms with E-state index in [0.717, 1.165) is 19.6 Å². The van der Waals surface area contributed by atoms with Crippen molar-refractivity contribution in [2.45, 2.75) is 26.4 Å². The zero-order valence-corrected chi connectivity index (χ0v) is 14.6. The molecule has 2 rings (SSSR count). The lowest BCUT2D eigenvalue weighted by atomic mass is 10.2. The summed E-state index contributed by atoms with van der Waals surface area (Å²) in [5.41, 5.74) is 0. The van der Waals surface area contributed by atoms with Gasteiger partial charge in [-0.3, -0.25) is 19.4 Å². The fraction of sp³-hybridized carbons (Fsp3) is 0.625. The maximum absolute atomic E-state index is 12.4. The van der Waals surface area contributed by atoms with E-state index in [4.69, 9.17) is 5.11 Å².